The minimum Gasteiger partial charge on any atom is -0.381 e. The Labute approximate surface area is 162 Å². The van der Waals surface area contributed by atoms with Gasteiger partial charge in [0.1, 0.15) is 10.8 Å². The fourth-order valence-electron chi connectivity index (χ4n) is 3.66. The molecular formula is C20H24FN3O2S. The topological polar surface area (TPSA) is 45.7 Å². The van der Waals surface area contributed by atoms with Crippen LogP contribution in [0, 0.1) is 11.7 Å². The largest absolute Gasteiger partial charge is 0.381 e. The molecule has 1 amide bonds. The SMILES string of the molecule is O=C(C1CCOC1)N1CCCN(Cc2nc(-c3ccc(F)cc3)cs2)CC1. The molecule has 2 fully saturated rings. The Hall–Kier alpha value is -1.83. The second-order valence-electron chi connectivity index (χ2n) is 7.15. The maximum absolute atomic E-state index is 13.1. The van der Waals surface area contributed by atoms with E-state index in [0.29, 0.717) is 13.2 Å². The van der Waals surface area contributed by atoms with Gasteiger partial charge in [-0.1, -0.05) is 0 Å². The zero-order valence-corrected chi connectivity index (χ0v) is 16.1. The molecule has 1 aromatic heterocycles. The lowest BCUT2D eigenvalue weighted by Crippen LogP contribution is -2.39. The van der Waals surface area contributed by atoms with E-state index in [-0.39, 0.29) is 17.6 Å². The smallest absolute Gasteiger partial charge is 0.228 e. The first-order valence-electron chi connectivity index (χ1n) is 9.48. The molecule has 2 saturated heterocycles. The number of halogens is 1. The van der Waals surface area contributed by atoms with E-state index in [4.69, 9.17) is 9.72 Å². The Morgan fingerprint density at radius 1 is 1.22 bits per heavy atom. The molecule has 0 radical (unpaired) electrons. The highest BCUT2D eigenvalue weighted by Gasteiger charge is 2.29. The van der Waals surface area contributed by atoms with E-state index < -0.39 is 0 Å². The van der Waals surface area contributed by atoms with Gasteiger partial charge in [0, 0.05) is 43.7 Å². The monoisotopic (exact) mass is 389 g/mol. The Bertz CT molecular complexity index is 774. The summed E-state index contributed by atoms with van der Waals surface area (Å²) in [6, 6.07) is 6.45. The molecule has 4 rings (SSSR count). The van der Waals surface area contributed by atoms with Crippen molar-refractivity contribution < 1.29 is 13.9 Å². The van der Waals surface area contributed by atoms with Crippen LogP contribution in [-0.2, 0) is 16.1 Å². The summed E-state index contributed by atoms with van der Waals surface area (Å²) in [4.78, 5) is 21.7. The molecule has 2 aliphatic rings. The lowest BCUT2D eigenvalue weighted by molar-refractivity contribution is -0.135. The summed E-state index contributed by atoms with van der Waals surface area (Å²) >= 11 is 1.63. The number of benzene rings is 1. The van der Waals surface area contributed by atoms with Crippen molar-refractivity contribution in [3.05, 3.63) is 40.5 Å². The van der Waals surface area contributed by atoms with Crippen molar-refractivity contribution in [2.75, 3.05) is 39.4 Å². The number of thiazole rings is 1. The van der Waals surface area contributed by atoms with Crippen molar-refractivity contribution in [3.8, 4) is 11.3 Å². The number of ether oxygens (including phenoxy) is 1. The van der Waals surface area contributed by atoms with Gasteiger partial charge >= 0.3 is 0 Å². The molecule has 7 heteroatoms. The van der Waals surface area contributed by atoms with Crippen molar-refractivity contribution in [1.82, 2.24) is 14.8 Å². The fourth-order valence-corrected chi connectivity index (χ4v) is 4.51. The number of aromatic nitrogens is 1. The van der Waals surface area contributed by atoms with Gasteiger partial charge in [0.25, 0.3) is 0 Å². The van der Waals surface area contributed by atoms with Gasteiger partial charge in [-0.15, -0.1) is 11.3 Å². The summed E-state index contributed by atoms with van der Waals surface area (Å²) in [7, 11) is 0. The first-order chi connectivity index (χ1) is 13.2. The summed E-state index contributed by atoms with van der Waals surface area (Å²) in [5.74, 6) is 0.0676. The quantitative estimate of drug-likeness (QED) is 0.806. The summed E-state index contributed by atoms with van der Waals surface area (Å²) in [5, 5.41) is 3.08. The average molecular weight is 389 g/mol. The molecule has 2 aliphatic heterocycles. The second-order valence-corrected chi connectivity index (χ2v) is 8.09. The van der Waals surface area contributed by atoms with Crippen molar-refractivity contribution in [2.24, 2.45) is 5.92 Å². The van der Waals surface area contributed by atoms with Crippen LogP contribution in [0.1, 0.15) is 17.8 Å². The normalized spacial score (nSPS) is 21.4. The van der Waals surface area contributed by atoms with Crippen molar-refractivity contribution in [3.63, 3.8) is 0 Å². The predicted molar refractivity (Wildman–Crippen MR) is 103 cm³/mol. The third-order valence-electron chi connectivity index (χ3n) is 5.23. The molecule has 1 atom stereocenters. The van der Waals surface area contributed by atoms with Gasteiger partial charge < -0.3 is 9.64 Å². The first kappa shape index (κ1) is 18.5. The Morgan fingerprint density at radius 2 is 2.07 bits per heavy atom. The molecule has 144 valence electrons. The number of rotatable bonds is 4. The molecule has 1 unspecified atom stereocenters. The Kier molecular flexibility index (Phi) is 5.80. The molecule has 27 heavy (non-hydrogen) atoms. The van der Waals surface area contributed by atoms with E-state index in [2.05, 4.69) is 4.90 Å². The molecular weight excluding hydrogens is 365 g/mol. The Balaban J connectivity index is 1.33. The van der Waals surface area contributed by atoms with Crippen LogP contribution in [-0.4, -0.2) is 60.1 Å². The van der Waals surface area contributed by atoms with Gasteiger partial charge in [0.15, 0.2) is 0 Å². The molecule has 2 aromatic rings. The maximum atomic E-state index is 13.1. The highest BCUT2D eigenvalue weighted by molar-refractivity contribution is 7.09. The molecule has 0 spiro atoms. The Morgan fingerprint density at radius 3 is 2.85 bits per heavy atom. The van der Waals surface area contributed by atoms with E-state index in [9.17, 15) is 9.18 Å². The molecule has 3 heterocycles. The van der Waals surface area contributed by atoms with Gasteiger partial charge in [-0.25, -0.2) is 9.37 Å². The van der Waals surface area contributed by atoms with Gasteiger partial charge in [-0.3, -0.25) is 9.69 Å². The maximum Gasteiger partial charge on any atom is 0.228 e. The van der Waals surface area contributed by atoms with Crippen LogP contribution in [0.3, 0.4) is 0 Å². The van der Waals surface area contributed by atoms with Gasteiger partial charge in [0.2, 0.25) is 5.91 Å². The highest BCUT2D eigenvalue weighted by atomic mass is 32.1. The summed E-state index contributed by atoms with van der Waals surface area (Å²) in [6.07, 6.45) is 1.83. The lowest BCUT2D eigenvalue weighted by atomic mass is 10.1. The van der Waals surface area contributed by atoms with Crippen LogP contribution in [0.25, 0.3) is 11.3 Å². The summed E-state index contributed by atoms with van der Waals surface area (Å²) in [6.45, 7) is 5.50. The van der Waals surface area contributed by atoms with Gasteiger partial charge in [-0.2, -0.15) is 0 Å². The minimum absolute atomic E-state index is 0.0498. The molecule has 0 aliphatic carbocycles. The number of nitrogens with zero attached hydrogens (tertiary/aromatic N) is 3. The molecule has 5 nitrogen and oxygen atoms in total. The number of hydrogen-bond donors (Lipinski definition) is 0. The number of carbonyl (C=O) groups excluding carboxylic acids is 1. The van der Waals surface area contributed by atoms with E-state index >= 15 is 0 Å². The van der Waals surface area contributed by atoms with Crippen LogP contribution in [0.5, 0.6) is 0 Å². The van der Waals surface area contributed by atoms with Gasteiger partial charge in [-0.05, 0) is 37.1 Å². The standard InChI is InChI=1S/C20H24FN3O2S/c21-17-4-2-15(3-5-17)18-14-27-19(22-18)12-23-7-1-8-24(10-9-23)20(25)16-6-11-26-13-16/h2-5,14,16H,1,6-13H2. The van der Waals surface area contributed by atoms with E-state index in [1.54, 1.807) is 23.5 Å². The van der Waals surface area contributed by atoms with Gasteiger partial charge in [0.05, 0.1) is 24.8 Å². The van der Waals surface area contributed by atoms with Crippen molar-refractivity contribution in [2.45, 2.75) is 19.4 Å². The molecule has 0 N–H and O–H groups in total. The third kappa shape index (κ3) is 4.54. The van der Waals surface area contributed by atoms with E-state index in [1.807, 2.05) is 10.3 Å². The van der Waals surface area contributed by atoms with Crippen LogP contribution in [0.15, 0.2) is 29.6 Å². The van der Waals surface area contributed by atoms with Crippen LogP contribution in [0.4, 0.5) is 4.39 Å². The van der Waals surface area contributed by atoms with E-state index in [0.717, 1.165) is 61.8 Å². The van der Waals surface area contributed by atoms with Crippen LogP contribution < -0.4 is 0 Å². The lowest BCUT2D eigenvalue weighted by Gasteiger charge is -2.23. The number of carbonyl (C=O) groups is 1. The molecule has 0 saturated carbocycles. The number of hydrogen-bond acceptors (Lipinski definition) is 5. The predicted octanol–water partition coefficient (Wildman–Crippen LogP) is 3.02. The zero-order chi connectivity index (χ0) is 18.6. The minimum atomic E-state index is -0.234. The fraction of sp³-hybridized carbons (Fsp3) is 0.500. The second kappa shape index (κ2) is 8.46. The third-order valence-corrected chi connectivity index (χ3v) is 6.06. The van der Waals surface area contributed by atoms with Crippen LogP contribution in [0.2, 0.25) is 0 Å². The average Bonchev–Trinajstić information content (AvgIpc) is 3.31. The number of amides is 1. The van der Waals surface area contributed by atoms with Crippen molar-refractivity contribution in [1.29, 1.82) is 0 Å². The summed E-state index contributed by atoms with van der Waals surface area (Å²) < 4.78 is 18.4. The zero-order valence-electron chi connectivity index (χ0n) is 15.3. The first-order valence-corrected chi connectivity index (χ1v) is 10.4. The highest BCUT2D eigenvalue weighted by Crippen LogP contribution is 2.23. The van der Waals surface area contributed by atoms with Crippen LogP contribution >= 0.6 is 11.3 Å². The molecule has 1 aromatic carbocycles. The summed E-state index contributed by atoms with van der Waals surface area (Å²) in [5.41, 5.74) is 1.83. The van der Waals surface area contributed by atoms with E-state index in [1.165, 1.54) is 12.1 Å². The van der Waals surface area contributed by atoms with Crippen molar-refractivity contribution >= 4 is 17.2 Å². The molecule has 0 bridgehead atoms.